The molecule has 1 aliphatic heterocycles. The van der Waals surface area contributed by atoms with Gasteiger partial charge in [-0.25, -0.2) is 8.78 Å². The molecule has 1 aromatic carbocycles. The van der Waals surface area contributed by atoms with Gasteiger partial charge < -0.3 is 10.6 Å². The van der Waals surface area contributed by atoms with Crippen molar-refractivity contribution in [3.8, 4) is 0 Å². The van der Waals surface area contributed by atoms with Gasteiger partial charge in [0, 0.05) is 6.54 Å². The average molecular weight is 308 g/mol. The van der Waals surface area contributed by atoms with E-state index in [1.165, 1.54) is 6.07 Å². The molecule has 0 bridgehead atoms. The first kappa shape index (κ1) is 15.4. The summed E-state index contributed by atoms with van der Waals surface area (Å²) in [6, 6.07) is 4.59. The zero-order valence-electron chi connectivity index (χ0n) is 12.8. The molecule has 2 aliphatic rings. The molecule has 1 saturated carbocycles. The lowest BCUT2D eigenvalue weighted by atomic mass is 9.93. The summed E-state index contributed by atoms with van der Waals surface area (Å²) in [5.41, 5.74) is 1.14. The van der Waals surface area contributed by atoms with Crippen molar-refractivity contribution in [1.29, 1.82) is 0 Å². The van der Waals surface area contributed by atoms with Gasteiger partial charge in [-0.1, -0.05) is 12.1 Å². The number of hydrogen-bond acceptors (Lipinski definition) is 2. The highest BCUT2D eigenvalue weighted by Crippen LogP contribution is 2.49. The molecule has 5 heteroatoms. The third-order valence-electron chi connectivity index (χ3n) is 4.82. The fourth-order valence-electron chi connectivity index (χ4n) is 3.15. The molecule has 0 aromatic heterocycles. The van der Waals surface area contributed by atoms with Crippen LogP contribution in [0.3, 0.4) is 0 Å². The van der Waals surface area contributed by atoms with Gasteiger partial charge in [-0.15, -0.1) is 0 Å². The maximum atomic E-state index is 13.8. The van der Waals surface area contributed by atoms with Gasteiger partial charge in [0.2, 0.25) is 5.91 Å². The molecule has 22 heavy (non-hydrogen) atoms. The monoisotopic (exact) mass is 308 g/mol. The molecule has 3 rings (SSSR count). The van der Waals surface area contributed by atoms with Crippen LogP contribution >= 0.6 is 0 Å². The van der Waals surface area contributed by atoms with Gasteiger partial charge >= 0.3 is 0 Å². The number of halogens is 2. The van der Waals surface area contributed by atoms with E-state index in [9.17, 15) is 13.6 Å². The van der Waals surface area contributed by atoms with Crippen molar-refractivity contribution < 1.29 is 13.6 Å². The zero-order valence-corrected chi connectivity index (χ0v) is 12.8. The molecule has 1 aromatic rings. The summed E-state index contributed by atoms with van der Waals surface area (Å²) in [5.74, 6) is -0.281. The SMILES string of the molecule is Cc1cc(CC2(C(=O)N[C@H]3CCNC[C@@H]3F)CC2)ccc1F. The van der Waals surface area contributed by atoms with Gasteiger partial charge in [-0.05, 0) is 56.3 Å². The minimum Gasteiger partial charge on any atom is -0.350 e. The van der Waals surface area contributed by atoms with Crippen molar-refractivity contribution in [3.63, 3.8) is 0 Å². The molecule has 0 unspecified atom stereocenters. The van der Waals surface area contributed by atoms with Crippen LogP contribution in [0.4, 0.5) is 8.78 Å². The van der Waals surface area contributed by atoms with Crippen molar-refractivity contribution in [2.24, 2.45) is 5.41 Å². The molecule has 2 N–H and O–H groups in total. The van der Waals surface area contributed by atoms with Gasteiger partial charge in [0.25, 0.3) is 0 Å². The number of hydrogen-bond donors (Lipinski definition) is 2. The van der Waals surface area contributed by atoms with Gasteiger partial charge in [0.1, 0.15) is 12.0 Å². The Morgan fingerprint density at radius 1 is 1.45 bits per heavy atom. The number of aryl methyl sites for hydroxylation is 1. The number of alkyl halides is 1. The van der Waals surface area contributed by atoms with Gasteiger partial charge in [0.05, 0.1) is 11.5 Å². The third kappa shape index (κ3) is 3.14. The Bertz CT molecular complexity index is 572. The fraction of sp³-hybridized carbons (Fsp3) is 0.588. The summed E-state index contributed by atoms with van der Waals surface area (Å²) in [6.07, 6.45) is 1.83. The van der Waals surface area contributed by atoms with Crippen molar-refractivity contribution in [3.05, 3.63) is 35.1 Å². The van der Waals surface area contributed by atoms with E-state index in [0.29, 0.717) is 24.9 Å². The second-order valence-corrected chi connectivity index (χ2v) is 6.63. The molecular weight excluding hydrogens is 286 g/mol. The Balaban J connectivity index is 1.65. The summed E-state index contributed by atoms with van der Waals surface area (Å²) in [7, 11) is 0. The second kappa shape index (κ2) is 5.95. The Kier molecular flexibility index (Phi) is 4.17. The molecule has 3 nitrogen and oxygen atoms in total. The molecular formula is C17H22F2N2O. The van der Waals surface area contributed by atoms with Gasteiger partial charge in [0.15, 0.2) is 0 Å². The predicted octanol–water partition coefficient (Wildman–Crippen LogP) is 2.27. The highest BCUT2D eigenvalue weighted by atomic mass is 19.1. The van der Waals surface area contributed by atoms with E-state index in [-0.39, 0.29) is 17.8 Å². The van der Waals surface area contributed by atoms with E-state index >= 15 is 0 Å². The lowest BCUT2D eigenvalue weighted by Gasteiger charge is -2.29. The molecule has 2 atom stereocenters. The summed E-state index contributed by atoms with van der Waals surface area (Å²) in [5, 5.41) is 5.87. The molecule has 0 spiro atoms. The van der Waals surface area contributed by atoms with Gasteiger partial charge in [-0.3, -0.25) is 4.79 Å². The first-order valence-corrected chi connectivity index (χ1v) is 7.91. The van der Waals surface area contributed by atoms with Crippen LogP contribution in [-0.4, -0.2) is 31.2 Å². The number of nitrogens with one attached hydrogen (secondary N) is 2. The smallest absolute Gasteiger partial charge is 0.226 e. The molecule has 1 aliphatic carbocycles. The minimum absolute atomic E-state index is 0.0518. The van der Waals surface area contributed by atoms with Crippen LogP contribution in [0.25, 0.3) is 0 Å². The fourth-order valence-corrected chi connectivity index (χ4v) is 3.15. The Morgan fingerprint density at radius 2 is 2.23 bits per heavy atom. The van der Waals surface area contributed by atoms with Crippen LogP contribution in [0.1, 0.15) is 30.4 Å². The van der Waals surface area contributed by atoms with Crippen LogP contribution in [0.5, 0.6) is 0 Å². The largest absolute Gasteiger partial charge is 0.350 e. The number of amides is 1. The number of carbonyl (C=O) groups is 1. The van der Waals surface area contributed by atoms with Gasteiger partial charge in [-0.2, -0.15) is 0 Å². The van der Waals surface area contributed by atoms with Crippen LogP contribution in [0, 0.1) is 18.2 Å². The number of carbonyl (C=O) groups excluding carboxylic acids is 1. The van der Waals surface area contributed by atoms with Crippen molar-refractivity contribution in [1.82, 2.24) is 10.6 Å². The lowest BCUT2D eigenvalue weighted by Crippen LogP contribution is -2.52. The van der Waals surface area contributed by atoms with Crippen molar-refractivity contribution in [2.45, 2.75) is 44.8 Å². The molecule has 120 valence electrons. The molecule has 1 heterocycles. The summed E-state index contributed by atoms with van der Waals surface area (Å²) in [6.45, 7) is 2.76. The van der Waals surface area contributed by atoms with E-state index in [0.717, 1.165) is 24.9 Å². The highest BCUT2D eigenvalue weighted by Gasteiger charge is 2.50. The van der Waals surface area contributed by atoms with E-state index in [1.807, 2.05) is 0 Å². The average Bonchev–Trinajstić information content (AvgIpc) is 3.26. The van der Waals surface area contributed by atoms with Crippen LogP contribution in [-0.2, 0) is 11.2 Å². The topological polar surface area (TPSA) is 41.1 Å². The summed E-state index contributed by atoms with van der Waals surface area (Å²) in [4.78, 5) is 12.5. The number of piperidine rings is 1. The summed E-state index contributed by atoms with van der Waals surface area (Å²) >= 11 is 0. The first-order valence-electron chi connectivity index (χ1n) is 7.91. The lowest BCUT2D eigenvalue weighted by molar-refractivity contribution is -0.127. The standard InChI is InChI=1S/C17H22F2N2O/c1-11-8-12(2-3-13(11)18)9-17(5-6-17)16(22)21-15-4-7-20-10-14(15)19/h2-3,8,14-15,20H,4-7,9-10H2,1H3,(H,21,22)/t14-,15-/m0/s1. The molecule has 1 amide bonds. The van der Waals surface area contributed by atoms with E-state index in [1.54, 1.807) is 19.1 Å². The quantitative estimate of drug-likeness (QED) is 0.896. The van der Waals surface area contributed by atoms with E-state index < -0.39 is 11.6 Å². The van der Waals surface area contributed by atoms with Crippen molar-refractivity contribution in [2.75, 3.05) is 13.1 Å². The summed E-state index contributed by atoms with van der Waals surface area (Å²) < 4.78 is 27.2. The maximum absolute atomic E-state index is 13.8. The Hall–Kier alpha value is -1.49. The second-order valence-electron chi connectivity index (χ2n) is 6.63. The van der Waals surface area contributed by atoms with Crippen molar-refractivity contribution >= 4 is 5.91 Å². The molecule has 1 saturated heterocycles. The normalized spacial score (nSPS) is 26.5. The molecule has 2 fully saturated rings. The van der Waals surface area contributed by atoms with Crippen LogP contribution < -0.4 is 10.6 Å². The predicted molar refractivity (Wildman–Crippen MR) is 80.8 cm³/mol. The zero-order chi connectivity index (χ0) is 15.7. The number of benzene rings is 1. The highest BCUT2D eigenvalue weighted by molar-refractivity contribution is 5.86. The third-order valence-corrected chi connectivity index (χ3v) is 4.82. The maximum Gasteiger partial charge on any atom is 0.226 e. The van der Waals surface area contributed by atoms with Crippen LogP contribution in [0.15, 0.2) is 18.2 Å². The van der Waals surface area contributed by atoms with E-state index in [2.05, 4.69) is 10.6 Å². The molecule has 0 radical (unpaired) electrons. The Labute approximate surface area is 129 Å². The minimum atomic E-state index is -1.03. The first-order chi connectivity index (χ1) is 10.5. The van der Waals surface area contributed by atoms with Crippen LogP contribution in [0.2, 0.25) is 0 Å². The number of rotatable bonds is 4. The Morgan fingerprint density at radius 3 is 2.86 bits per heavy atom. The van der Waals surface area contributed by atoms with E-state index in [4.69, 9.17) is 0 Å².